The van der Waals surface area contributed by atoms with Crippen LogP contribution in [0, 0.1) is 11.8 Å². The average Bonchev–Trinajstić information content (AvgIpc) is 4.05. The molecule has 2 aliphatic carbocycles. The van der Waals surface area contributed by atoms with Gasteiger partial charge in [-0.2, -0.15) is 13.2 Å². The molecule has 328 valence electrons. The largest absolute Gasteiger partial charge is 0.497 e. The van der Waals surface area contributed by atoms with E-state index in [9.17, 15) is 45.9 Å². The number of nitrogens with one attached hydrogen (secondary N) is 3. The predicted molar refractivity (Wildman–Crippen MR) is 210 cm³/mol. The van der Waals surface area contributed by atoms with Crippen molar-refractivity contribution in [2.45, 2.75) is 132 Å². The first-order valence-corrected chi connectivity index (χ1v) is 21.8. The molecule has 3 fully saturated rings. The van der Waals surface area contributed by atoms with Gasteiger partial charge in [-0.05, 0) is 76.5 Å². The maximum absolute atomic E-state index is 14.9. The number of fused-ring (bicyclic) bond motifs is 5. The molecule has 4 heterocycles. The lowest BCUT2D eigenvalue weighted by Gasteiger charge is -2.44. The fourth-order valence-corrected chi connectivity index (χ4v) is 10.1. The van der Waals surface area contributed by atoms with Crippen molar-refractivity contribution in [2.24, 2.45) is 11.8 Å². The zero-order chi connectivity index (χ0) is 43.6. The second-order valence-electron chi connectivity index (χ2n) is 17.9. The number of amides is 4. The molecule has 15 nitrogen and oxygen atoms in total. The van der Waals surface area contributed by atoms with Gasteiger partial charge in [0.1, 0.15) is 29.0 Å². The number of aliphatic hydroxyl groups is 1. The Hall–Kier alpha value is -4.65. The Morgan fingerprint density at radius 1 is 1.13 bits per heavy atom. The molecular formula is C41H52F3N5O10S. The number of hydrogen-bond acceptors (Lipinski definition) is 11. The van der Waals surface area contributed by atoms with Crippen molar-refractivity contribution in [3.8, 4) is 11.5 Å². The minimum Gasteiger partial charge on any atom is -0.497 e. The topological polar surface area (TPSA) is 203 Å². The molecule has 2 aromatic rings. The fourth-order valence-electron chi connectivity index (χ4n) is 8.76. The summed E-state index contributed by atoms with van der Waals surface area (Å²) < 4.78 is 89.2. The molecule has 19 heteroatoms. The van der Waals surface area contributed by atoms with Crippen LogP contribution in [-0.2, 0) is 40.9 Å². The van der Waals surface area contributed by atoms with Crippen molar-refractivity contribution < 1.29 is 60.1 Å². The minimum absolute atomic E-state index is 0.0229. The van der Waals surface area contributed by atoms with Crippen LogP contribution in [0.5, 0.6) is 11.5 Å². The zero-order valence-electron chi connectivity index (χ0n) is 34.2. The lowest BCUT2D eigenvalue weighted by molar-refractivity contribution is -0.147. The fraction of sp³-hybridized carbons (Fsp3) is 0.634. The highest BCUT2D eigenvalue weighted by Crippen LogP contribution is 2.55. The number of aromatic nitrogens is 1. The van der Waals surface area contributed by atoms with Crippen molar-refractivity contribution in [1.29, 1.82) is 0 Å². The zero-order valence-corrected chi connectivity index (χ0v) is 35.1. The van der Waals surface area contributed by atoms with E-state index >= 15 is 0 Å². The van der Waals surface area contributed by atoms with Crippen molar-refractivity contribution in [2.75, 3.05) is 20.3 Å². The average molecular weight is 864 g/mol. The van der Waals surface area contributed by atoms with Gasteiger partial charge in [0.05, 0.1) is 36.1 Å². The third kappa shape index (κ3) is 8.22. The van der Waals surface area contributed by atoms with E-state index in [2.05, 4.69) is 20.3 Å². The van der Waals surface area contributed by atoms with E-state index in [0.29, 0.717) is 38.5 Å². The Bertz CT molecular complexity index is 2230. The maximum Gasteiger partial charge on any atom is 0.437 e. The highest BCUT2D eigenvalue weighted by molar-refractivity contribution is 7.91. The summed E-state index contributed by atoms with van der Waals surface area (Å²) in [7, 11) is -2.75. The number of halogens is 3. The molecule has 3 aliphatic heterocycles. The first-order valence-electron chi connectivity index (χ1n) is 20.3. The number of nitrogens with zero attached hydrogens (tertiary/aromatic N) is 2. The van der Waals surface area contributed by atoms with Crippen LogP contribution in [0.15, 0.2) is 30.4 Å². The van der Waals surface area contributed by atoms with Crippen LogP contribution in [0.1, 0.15) is 103 Å². The predicted octanol–water partition coefficient (Wildman–Crippen LogP) is 4.74. The molecule has 4 N–H and O–H groups in total. The summed E-state index contributed by atoms with van der Waals surface area (Å²) in [5.74, 6) is -3.73. The van der Waals surface area contributed by atoms with E-state index in [0.717, 1.165) is 4.90 Å². The van der Waals surface area contributed by atoms with Gasteiger partial charge >= 0.3 is 12.3 Å². The summed E-state index contributed by atoms with van der Waals surface area (Å²) >= 11 is 0. The SMILES string of the molecule is COc1ccc2nc(C(F)(F)F)c3c(c2c1)C(C)(O)CC1(CC2C(=O)NC4(C(=O)NS(=O)(=O)C5(C)CC5)CC4C=CCCCCCC(NC(=O)OCC(C)C)C(=O)N2C1)O3. The van der Waals surface area contributed by atoms with Crippen LogP contribution in [-0.4, -0.2) is 95.5 Å². The van der Waals surface area contributed by atoms with Gasteiger partial charge in [0.15, 0.2) is 11.4 Å². The number of ether oxygens (including phenoxy) is 3. The van der Waals surface area contributed by atoms with E-state index in [-0.39, 0.29) is 47.6 Å². The number of methoxy groups -OCH3 is 1. The van der Waals surface area contributed by atoms with Crippen LogP contribution in [0.3, 0.4) is 0 Å². The number of hydrogen-bond donors (Lipinski definition) is 4. The quantitative estimate of drug-likeness (QED) is 0.280. The Morgan fingerprint density at radius 2 is 1.87 bits per heavy atom. The van der Waals surface area contributed by atoms with E-state index in [1.165, 1.54) is 39.2 Å². The molecule has 2 saturated carbocycles. The molecule has 6 atom stereocenters. The normalized spacial score (nSPS) is 30.2. The molecule has 7 rings (SSSR count). The highest BCUT2D eigenvalue weighted by atomic mass is 32.2. The van der Waals surface area contributed by atoms with Crippen molar-refractivity contribution >= 4 is 44.7 Å². The smallest absolute Gasteiger partial charge is 0.437 e. The number of pyridine rings is 1. The summed E-state index contributed by atoms with van der Waals surface area (Å²) in [6, 6.07) is 1.45. The number of alkyl carbamates (subject to hydrolysis) is 1. The van der Waals surface area contributed by atoms with E-state index in [1.807, 2.05) is 19.9 Å². The molecule has 4 amide bonds. The number of sulfonamides is 1. The molecular weight excluding hydrogens is 812 g/mol. The summed E-state index contributed by atoms with van der Waals surface area (Å²) in [4.78, 5) is 61.5. The minimum atomic E-state index is -5.07. The molecule has 0 bridgehead atoms. The van der Waals surface area contributed by atoms with Crippen molar-refractivity contribution in [3.05, 3.63) is 41.6 Å². The molecule has 5 aliphatic rings. The van der Waals surface area contributed by atoms with Crippen LogP contribution in [0.25, 0.3) is 10.9 Å². The second-order valence-corrected chi connectivity index (χ2v) is 20.1. The molecule has 1 saturated heterocycles. The summed E-state index contributed by atoms with van der Waals surface area (Å²) in [5, 5.41) is 17.8. The third-order valence-electron chi connectivity index (χ3n) is 12.4. The van der Waals surface area contributed by atoms with Crippen LogP contribution in [0.4, 0.5) is 18.0 Å². The van der Waals surface area contributed by atoms with E-state index in [1.54, 1.807) is 6.08 Å². The number of carbonyl (C=O) groups excluding carboxylic acids is 4. The number of alkyl halides is 3. The first-order chi connectivity index (χ1) is 28.0. The number of carbonyl (C=O) groups is 4. The number of benzene rings is 1. The standard InChI is InChI=1S/C41H52F3N5O10S/c1-23(2)20-58-36(53)46-28-12-10-8-6-7-9-11-24-18-40(24,35(52)48-60(55,56)37(3)15-16-37)47-33(50)29-19-39(22-49(29)34(28)51)21-38(4,54)30-26-17-25(57-5)13-14-27(26)45-32(31(30)59-39)41(42,43)44/h9,11,13-14,17,23-24,28-29,54H,6-8,10,12,15-16,18-22H2,1-5H3,(H,46,53)(H,47,50)(H,48,52). The summed E-state index contributed by atoms with van der Waals surface area (Å²) in [5.41, 5.74) is -7.33. The van der Waals surface area contributed by atoms with Crippen LogP contribution >= 0.6 is 0 Å². The van der Waals surface area contributed by atoms with Gasteiger partial charge in [-0.15, -0.1) is 0 Å². The Labute approximate surface area is 346 Å². The van der Waals surface area contributed by atoms with Crippen molar-refractivity contribution in [1.82, 2.24) is 25.2 Å². The molecule has 60 heavy (non-hydrogen) atoms. The molecule has 1 spiro atoms. The van der Waals surface area contributed by atoms with Gasteiger partial charge in [-0.3, -0.25) is 19.1 Å². The van der Waals surface area contributed by atoms with Gasteiger partial charge in [0, 0.05) is 29.7 Å². The third-order valence-corrected chi connectivity index (χ3v) is 14.6. The van der Waals surface area contributed by atoms with Crippen LogP contribution < -0.4 is 24.8 Å². The molecule has 1 aromatic heterocycles. The van der Waals surface area contributed by atoms with E-state index < -0.39 is 110 Å². The lowest BCUT2D eigenvalue weighted by atomic mass is 9.77. The summed E-state index contributed by atoms with van der Waals surface area (Å²) in [6.07, 6.45) is 0.0339. The summed E-state index contributed by atoms with van der Waals surface area (Å²) in [6.45, 7) is 6.04. The Kier molecular flexibility index (Phi) is 11.1. The molecule has 0 radical (unpaired) electrons. The number of rotatable bonds is 7. The van der Waals surface area contributed by atoms with Gasteiger partial charge < -0.3 is 34.9 Å². The lowest BCUT2D eigenvalue weighted by Crippen LogP contribution is -2.58. The van der Waals surface area contributed by atoms with Crippen molar-refractivity contribution in [3.63, 3.8) is 0 Å². The maximum atomic E-state index is 14.9. The number of allylic oxidation sites excluding steroid dienone is 1. The van der Waals surface area contributed by atoms with Crippen LogP contribution in [0.2, 0.25) is 0 Å². The van der Waals surface area contributed by atoms with Gasteiger partial charge in [0.2, 0.25) is 21.8 Å². The monoisotopic (exact) mass is 863 g/mol. The van der Waals surface area contributed by atoms with Gasteiger partial charge in [-0.25, -0.2) is 18.2 Å². The second kappa shape index (κ2) is 15.4. The molecule has 1 aromatic carbocycles. The Balaban J connectivity index is 1.30. The first kappa shape index (κ1) is 43.4. The van der Waals surface area contributed by atoms with Gasteiger partial charge in [-0.1, -0.05) is 38.8 Å². The van der Waals surface area contributed by atoms with Gasteiger partial charge in [0.25, 0.3) is 5.91 Å². The molecule has 6 unspecified atom stereocenters. The van der Waals surface area contributed by atoms with E-state index in [4.69, 9.17) is 14.2 Å². The Morgan fingerprint density at radius 3 is 2.53 bits per heavy atom. The highest BCUT2D eigenvalue weighted by Gasteiger charge is 2.65.